The van der Waals surface area contributed by atoms with E-state index in [4.69, 9.17) is 4.18 Å². The molecule has 0 saturated carbocycles. The highest BCUT2D eigenvalue weighted by atomic mass is 32.2. The smallest absolute Gasteiger partial charge is 0.246 e. The molecule has 3 nitrogen and oxygen atoms in total. The molecule has 15 heavy (non-hydrogen) atoms. The Balaban J connectivity index is 2.21. The zero-order chi connectivity index (χ0) is 10.8. The molecule has 0 spiro atoms. The van der Waals surface area contributed by atoms with E-state index in [0.717, 1.165) is 17.7 Å². The van der Waals surface area contributed by atoms with E-state index in [1.165, 1.54) is 0 Å². The van der Waals surface area contributed by atoms with Crippen LogP contribution >= 0.6 is 0 Å². The summed E-state index contributed by atoms with van der Waals surface area (Å²) < 4.78 is 18.9. The molecule has 0 amide bonds. The topological polar surface area (TPSA) is 35.5 Å². The van der Waals surface area contributed by atoms with E-state index in [1.54, 1.807) is 0 Å². The monoisotopic (exact) mass is 225 g/mol. The Morgan fingerprint density at radius 2 is 2.27 bits per heavy atom. The van der Waals surface area contributed by atoms with Crippen molar-refractivity contribution in [3.05, 3.63) is 29.8 Å². The SMILES string of the molecule is CC[C@@H]1CN(c2ccccc2C)[S+]([O-])O1. The molecule has 0 bridgehead atoms. The molecule has 1 aromatic carbocycles. The molecule has 2 atom stereocenters. The van der Waals surface area contributed by atoms with Gasteiger partial charge in [0, 0.05) is 0 Å². The molecule has 1 saturated heterocycles. The van der Waals surface area contributed by atoms with Gasteiger partial charge >= 0.3 is 0 Å². The maximum Gasteiger partial charge on any atom is 0.246 e. The van der Waals surface area contributed by atoms with Gasteiger partial charge in [-0.2, -0.15) is 4.31 Å². The molecule has 1 unspecified atom stereocenters. The Labute approximate surface area is 93.6 Å². The van der Waals surface area contributed by atoms with Gasteiger partial charge in [0.1, 0.15) is 12.6 Å². The summed E-state index contributed by atoms with van der Waals surface area (Å²) in [5.74, 6) is 0. The van der Waals surface area contributed by atoms with Crippen molar-refractivity contribution in [3.63, 3.8) is 0 Å². The average Bonchev–Trinajstić information content (AvgIpc) is 2.60. The van der Waals surface area contributed by atoms with Crippen molar-refractivity contribution in [3.8, 4) is 0 Å². The van der Waals surface area contributed by atoms with Gasteiger partial charge in [0.05, 0.1) is 5.69 Å². The number of hydrogen-bond donors (Lipinski definition) is 0. The molecule has 0 N–H and O–H groups in total. The molecular formula is C11H15NO2S. The molecule has 4 heteroatoms. The first-order valence-electron chi connectivity index (χ1n) is 5.14. The van der Waals surface area contributed by atoms with E-state index in [0.29, 0.717) is 6.54 Å². The largest absolute Gasteiger partial charge is 0.560 e. The van der Waals surface area contributed by atoms with Crippen LogP contribution < -0.4 is 4.31 Å². The lowest BCUT2D eigenvalue weighted by Gasteiger charge is -2.16. The van der Waals surface area contributed by atoms with Crippen LogP contribution in [0, 0.1) is 6.92 Å². The van der Waals surface area contributed by atoms with Crippen molar-refractivity contribution < 1.29 is 8.74 Å². The number of nitrogens with zero attached hydrogens (tertiary/aromatic N) is 1. The standard InChI is InChI=1S/C11H15NO2S/c1-3-10-8-12(15(13)14-10)11-7-5-4-6-9(11)2/h4-7,10H,3,8H2,1-2H3/t10-,15?/m1/s1. The first kappa shape index (κ1) is 10.8. The van der Waals surface area contributed by atoms with Gasteiger partial charge in [0.2, 0.25) is 11.6 Å². The summed E-state index contributed by atoms with van der Waals surface area (Å²) in [6.07, 6.45) is 0.985. The predicted molar refractivity (Wildman–Crippen MR) is 61.8 cm³/mol. The average molecular weight is 225 g/mol. The fourth-order valence-electron chi connectivity index (χ4n) is 1.66. The summed E-state index contributed by atoms with van der Waals surface area (Å²) in [5, 5.41) is 0. The van der Waals surface area contributed by atoms with Gasteiger partial charge in [-0.25, -0.2) is 0 Å². The maximum atomic E-state index is 11.7. The predicted octanol–water partition coefficient (Wildman–Crippen LogP) is 2.19. The van der Waals surface area contributed by atoms with Gasteiger partial charge in [-0.05, 0) is 25.0 Å². The van der Waals surface area contributed by atoms with Crippen LogP contribution in [-0.4, -0.2) is 17.2 Å². The second-order valence-electron chi connectivity index (χ2n) is 3.69. The van der Waals surface area contributed by atoms with Gasteiger partial charge in [-0.3, -0.25) is 0 Å². The lowest BCUT2D eigenvalue weighted by atomic mass is 10.2. The molecule has 82 valence electrons. The fraction of sp³-hybridized carbons (Fsp3) is 0.455. The normalized spacial score (nSPS) is 25.9. The quantitative estimate of drug-likeness (QED) is 0.724. The van der Waals surface area contributed by atoms with Crippen molar-refractivity contribution in [2.45, 2.75) is 26.4 Å². The third kappa shape index (κ3) is 2.12. The molecule has 0 radical (unpaired) electrons. The minimum atomic E-state index is -1.32. The Morgan fingerprint density at radius 1 is 1.53 bits per heavy atom. The summed E-state index contributed by atoms with van der Waals surface area (Å²) in [4.78, 5) is 0. The van der Waals surface area contributed by atoms with Crippen LogP contribution in [0.5, 0.6) is 0 Å². The van der Waals surface area contributed by atoms with Crippen molar-refractivity contribution in [1.29, 1.82) is 0 Å². The molecule has 1 heterocycles. The molecule has 0 aliphatic carbocycles. The van der Waals surface area contributed by atoms with Crippen LogP contribution in [0.2, 0.25) is 0 Å². The van der Waals surface area contributed by atoms with Gasteiger partial charge < -0.3 is 4.55 Å². The number of benzene rings is 1. The van der Waals surface area contributed by atoms with Crippen molar-refractivity contribution in [1.82, 2.24) is 0 Å². The Hall–Kier alpha value is -0.710. The summed E-state index contributed by atoms with van der Waals surface area (Å²) in [6.45, 7) is 4.78. The highest BCUT2D eigenvalue weighted by Crippen LogP contribution is 2.29. The number of rotatable bonds is 2. The molecule has 1 aromatic rings. The summed E-state index contributed by atoms with van der Waals surface area (Å²) in [5.41, 5.74) is 2.14. The Bertz CT molecular complexity index is 345. The van der Waals surface area contributed by atoms with Crippen LogP contribution in [0.25, 0.3) is 0 Å². The fourth-order valence-corrected chi connectivity index (χ4v) is 2.85. The molecule has 1 aliphatic heterocycles. The van der Waals surface area contributed by atoms with E-state index >= 15 is 0 Å². The molecular weight excluding hydrogens is 210 g/mol. The van der Waals surface area contributed by atoms with Gasteiger partial charge in [-0.15, -0.1) is 4.18 Å². The molecule has 1 aliphatic rings. The van der Waals surface area contributed by atoms with Crippen molar-refractivity contribution in [2.75, 3.05) is 10.8 Å². The molecule has 2 rings (SSSR count). The Kier molecular flexibility index (Phi) is 3.19. The highest BCUT2D eigenvalue weighted by molar-refractivity contribution is 7.88. The molecule has 1 fully saturated rings. The van der Waals surface area contributed by atoms with Crippen LogP contribution in [0.15, 0.2) is 24.3 Å². The van der Waals surface area contributed by atoms with Crippen LogP contribution in [-0.2, 0) is 15.8 Å². The van der Waals surface area contributed by atoms with Crippen molar-refractivity contribution in [2.24, 2.45) is 0 Å². The van der Waals surface area contributed by atoms with Crippen molar-refractivity contribution >= 4 is 17.3 Å². The summed E-state index contributed by atoms with van der Waals surface area (Å²) >= 11 is -1.32. The minimum Gasteiger partial charge on any atom is -0.560 e. The zero-order valence-electron chi connectivity index (χ0n) is 8.97. The second-order valence-corrected chi connectivity index (χ2v) is 4.76. The lowest BCUT2D eigenvalue weighted by molar-refractivity contribution is 0.243. The lowest BCUT2D eigenvalue weighted by Crippen LogP contribution is -2.26. The molecule has 0 aromatic heterocycles. The summed E-state index contributed by atoms with van der Waals surface area (Å²) in [7, 11) is 0. The third-order valence-corrected chi connectivity index (χ3v) is 3.75. The van der Waals surface area contributed by atoms with Crippen LogP contribution in [0.4, 0.5) is 5.69 Å². The van der Waals surface area contributed by atoms with E-state index in [1.807, 2.05) is 42.4 Å². The Morgan fingerprint density at radius 3 is 2.87 bits per heavy atom. The number of anilines is 1. The number of hydrogen-bond acceptors (Lipinski definition) is 3. The van der Waals surface area contributed by atoms with Gasteiger partial charge in [0.15, 0.2) is 0 Å². The van der Waals surface area contributed by atoms with Gasteiger partial charge in [0.25, 0.3) is 0 Å². The number of para-hydroxylation sites is 1. The van der Waals surface area contributed by atoms with Crippen LogP contribution in [0.1, 0.15) is 18.9 Å². The highest BCUT2D eigenvalue weighted by Gasteiger charge is 2.37. The summed E-state index contributed by atoms with van der Waals surface area (Å²) in [6, 6.07) is 7.94. The third-order valence-electron chi connectivity index (χ3n) is 2.61. The first-order valence-corrected chi connectivity index (χ1v) is 6.17. The number of aryl methyl sites for hydroxylation is 1. The van der Waals surface area contributed by atoms with Gasteiger partial charge in [-0.1, -0.05) is 25.1 Å². The van der Waals surface area contributed by atoms with Crippen LogP contribution in [0.3, 0.4) is 0 Å². The van der Waals surface area contributed by atoms with E-state index in [-0.39, 0.29) is 6.10 Å². The first-order chi connectivity index (χ1) is 7.22. The van der Waals surface area contributed by atoms with E-state index < -0.39 is 11.6 Å². The minimum absolute atomic E-state index is 0.0884. The maximum absolute atomic E-state index is 11.7. The van der Waals surface area contributed by atoms with E-state index in [2.05, 4.69) is 0 Å². The van der Waals surface area contributed by atoms with E-state index in [9.17, 15) is 4.55 Å². The zero-order valence-corrected chi connectivity index (χ0v) is 9.79. The second kappa shape index (κ2) is 4.43.